The highest BCUT2D eigenvalue weighted by Gasteiger charge is 2.41. The van der Waals surface area contributed by atoms with Crippen LogP contribution in [0.2, 0.25) is 18.1 Å². The maximum atomic E-state index is 6.57. The maximum Gasteiger partial charge on any atom is 0.192 e. The second kappa shape index (κ2) is 8.12. The van der Waals surface area contributed by atoms with Crippen molar-refractivity contribution < 1.29 is 9.16 Å². The lowest BCUT2D eigenvalue weighted by Crippen LogP contribution is -2.45. The minimum atomic E-state index is -1.70. The minimum absolute atomic E-state index is 0.159. The number of methoxy groups -OCH3 is 1. The molecular weight excluding hydrogens is 276 g/mol. The van der Waals surface area contributed by atoms with Crippen LogP contribution in [0.3, 0.4) is 0 Å². The van der Waals surface area contributed by atoms with Crippen LogP contribution < -0.4 is 0 Å². The quantitative estimate of drug-likeness (QED) is 0.505. The number of ether oxygens (including phenoxy) is 1. The van der Waals surface area contributed by atoms with Gasteiger partial charge in [-0.1, -0.05) is 48.5 Å². The van der Waals surface area contributed by atoms with Crippen LogP contribution in [-0.4, -0.2) is 28.6 Å². The lowest BCUT2D eigenvalue weighted by atomic mass is 9.75. The Morgan fingerprint density at radius 2 is 1.29 bits per heavy atom. The summed E-state index contributed by atoms with van der Waals surface area (Å²) in [6, 6.07) is 0. The molecule has 0 amide bonds. The van der Waals surface area contributed by atoms with Crippen molar-refractivity contribution in [3.8, 4) is 0 Å². The Bertz CT molecular complexity index is 280. The van der Waals surface area contributed by atoms with E-state index in [-0.39, 0.29) is 10.5 Å². The number of hydrogen-bond donors (Lipinski definition) is 0. The average molecular weight is 317 g/mol. The zero-order valence-electron chi connectivity index (χ0n) is 16.3. The molecule has 0 radical (unpaired) electrons. The summed E-state index contributed by atoms with van der Waals surface area (Å²) in [5.41, 5.74) is 0.159. The highest BCUT2D eigenvalue weighted by atomic mass is 28.4. The van der Waals surface area contributed by atoms with Crippen molar-refractivity contribution >= 4 is 8.32 Å². The smallest absolute Gasteiger partial charge is 0.192 e. The Morgan fingerprint density at radius 3 is 1.57 bits per heavy atom. The van der Waals surface area contributed by atoms with Crippen LogP contribution >= 0.6 is 0 Å². The fourth-order valence-electron chi connectivity index (χ4n) is 2.95. The number of hydrogen-bond acceptors (Lipinski definition) is 2. The van der Waals surface area contributed by atoms with E-state index < -0.39 is 8.32 Å². The molecule has 0 aliphatic heterocycles. The Kier molecular flexibility index (Phi) is 8.17. The predicted molar refractivity (Wildman–Crippen MR) is 96.4 cm³/mol. The third kappa shape index (κ3) is 7.29. The molecule has 0 heterocycles. The molecule has 128 valence electrons. The van der Waals surface area contributed by atoms with Gasteiger partial charge in [-0.25, -0.2) is 0 Å². The van der Waals surface area contributed by atoms with Crippen LogP contribution in [0.25, 0.3) is 0 Å². The lowest BCUT2D eigenvalue weighted by Gasteiger charge is -2.42. The van der Waals surface area contributed by atoms with Gasteiger partial charge in [-0.3, -0.25) is 0 Å². The van der Waals surface area contributed by atoms with Crippen molar-refractivity contribution in [2.45, 2.75) is 79.4 Å². The Morgan fingerprint density at radius 1 is 0.857 bits per heavy atom. The lowest BCUT2D eigenvalue weighted by molar-refractivity contribution is 0.00378. The minimum Gasteiger partial charge on any atom is -0.416 e. The van der Waals surface area contributed by atoms with Gasteiger partial charge in [-0.15, -0.1) is 0 Å². The Hall–Kier alpha value is 0.137. The summed E-state index contributed by atoms with van der Waals surface area (Å²) in [5.74, 6) is 1.34. The first-order valence-corrected chi connectivity index (χ1v) is 11.4. The zero-order chi connectivity index (χ0) is 16.9. The highest BCUT2D eigenvalue weighted by molar-refractivity contribution is 6.74. The van der Waals surface area contributed by atoms with Gasteiger partial charge in [0.2, 0.25) is 0 Å². The monoisotopic (exact) mass is 316 g/mol. The van der Waals surface area contributed by atoms with Crippen LogP contribution in [0.15, 0.2) is 0 Å². The number of rotatable bonds is 9. The van der Waals surface area contributed by atoms with Crippen molar-refractivity contribution in [1.29, 1.82) is 0 Å². The van der Waals surface area contributed by atoms with Gasteiger partial charge in [-0.2, -0.15) is 0 Å². The summed E-state index contributed by atoms with van der Waals surface area (Å²) in [6.45, 7) is 22.5. The van der Waals surface area contributed by atoms with E-state index in [0.717, 1.165) is 13.2 Å². The first-order chi connectivity index (χ1) is 9.35. The molecule has 2 nitrogen and oxygen atoms in total. The molecule has 0 atom stereocenters. The molecule has 0 aliphatic rings. The predicted octanol–water partition coefficient (Wildman–Crippen LogP) is 5.73. The molecule has 0 rings (SSSR count). The summed E-state index contributed by atoms with van der Waals surface area (Å²) >= 11 is 0. The average Bonchev–Trinajstić information content (AvgIpc) is 2.23. The third-order valence-corrected chi connectivity index (χ3v) is 9.16. The molecule has 0 fully saturated rings. The normalized spacial score (nSPS) is 14.3. The van der Waals surface area contributed by atoms with Crippen molar-refractivity contribution in [3.05, 3.63) is 0 Å². The van der Waals surface area contributed by atoms with E-state index in [1.54, 1.807) is 0 Å². The second-order valence-corrected chi connectivity index (χ2v) is 14.0. The molecule has 0 unspecified atom stereocenters. The van der Waals surface area contributed by atoms with E-state index in [0.29, 0.717) is 11.8 Å². The molecule has 0 bridgehead atoms. The fraction of sp³-hybridized carbons (Fsp3) is 1.00. The third-order valence-electron chi connectivity index (χ3n) is 4.68. The van der Waals surface area contributed by atoms with Gasteiger partial charge in [-0.05, 0) is 42.8 Å². The van der Waals surface area contributed by atoms with Gasteiger partial charge in [0.1, 0.15) is 0 Å². The van der Waals surface area contributed by atoms with Gasteiger partial charge in [0.15, 0.2) is 8.32 Å². The van der Waals surface area contributed by atoms with E-state index in [9.17, 15) is 0 Å². The molecule has 0 N–H and O–H groups in total. The van der Waals surface area contributed by atoms with E-state index in [2.05, 4.69) is 61.6 Å². The Labute approximate surface area is 135 Å². The molecule has 0 aromatic heterocycles. The second-order valence-electron chi connectivity index (χ2n) is 9.18. The van der Waals surface area contributed by atoms with Gasteiger partial charge >= 0.3 is 0 Å². The van der Waals surface area contributed by atoms with Gasteiger partial charge in [0, 0.05) is 19.1 Å². The maximum absolute atomic E-state index is 6.57. The van der Waals surface area contributed by atoms with Crippen molar-refractivity contribution in [2.24, 2.45) is 17.3 Å². The fourth-order valence-corrected chi connectivity index (χ4v) is 4.05. The van der Waals surface area contributed by atoms with Crippen molar-refractivity contribution in [1.82, 2.24) is 0 Å². The van der Waals surface area contributed by atoms with Crippen LogP contribution in [0.1, 0.15) is 61.3 Å². The molecular formula is C18H40O2Si. The molecule has 0 aliphatic carbocycles. The highest BCUT2D eigenvalue weighted by Crippen LogP contribution is 2.40. The molecule has 0 aromatic carbocycles. The van der Waals surface area contributed by atoms with E-state index in [4.69, 9.17) is 9.16 Å². The zero-order valence-corrected chi connectivity index (χ0v) is 17.3. The molecule has 0 saturated carbocycles. The van der Waals surface area contributed by atoms with Gasteiger partial charge < -0.3 is 9.16 Å². The Balaban J connectivity index is 5.11. The molecule has 0 spiro atoms. The van der Waals surface area contributed by atoms with Crippen molar-refractivity contribution in [3.63, 3.8) is 0 Å². The first-order valence-electron chi connectivity index (χ1n) is 8.48. The first kappa shape index (κ1) is 21.1. The summed E-state index contributed by atoms with van der Waals surface area (Å²) in [4.78, 5) is 0. The molecule has 3 heteroatoms. The van der Waals surface area contributed by atoms with Crippen LogP contribution in [-0.2, 0) is 9.16 Å². The van der Waals surface area contributed by atoms with E-state index >= 15 is 0 Å². The van der Waals surface area contributed by atoms with Crippen LogP contribution in [0, 0.1) is 17.3 Å². The standard InChI is InChI=1S/C18H40O2Si/c1-15(2)11-18(13-19-8,12-16(3)4)14-20-21(9,10)17(5,6)7/h15-16H,11-14H2,1-10H3. The van der Waals surface area contributed by atoms with Crippen LogP contribution in [0.5, 0.6) is 0 Å². The summed E-state index contributed by atoms with van der Waals surface area (Å²) < 4.78 is 12.2. The van der Waals surface area contributed by atoms with Gasteiger partial charge in [0.25, 0.3) is 0 Å². The SMILES string of the molecule is COCC(CO[Si](C)(C)C(C)(C)C)(CC(C)C)CC(C)C. The summed E-state index contributed by atoms with van der Waals surface area (Å²) in [6.07, 6.45) is 2.35. The van der Waals surface area contributed by atoms with Crippen molar-refractivity contribution in [2.75, 3.05) is 20.3 Å². The molecule has 0 aromatic rings. The van der Waals surface area contributed by atoms with E-state index in [1.807, 2.05) is 7.11 Å². The van der Waals surface area contributed by atoms with Gasteiger partial charge in [0.05, 0.1) is 6.61 Å². The summed E-state index contributed by atoms with van der Waals surface area (Å²) in [7, 11) is 0.120. The molecule has 0 saturated heterocycles. The summed E-state index contributed by atoms with van der Waals surface area (Å²) in [5, 5.41) is 0.265. The topological polar surface area (TPSA) is 18.5 Å². The largest absolute Gasteiger partial charge is 0.416 e. The van der Waals surface area contributed by atoms with E-state index in [1.165, 1.54) is 12.8 Å². The molecule has 21 heavy (non-hydrogen) atoms. The van der Waals surface area contributed by atoms with Crippen LogP contribution in [0.4, 0.5) is 0 Å².